The molecular formula is C16H14ClFO3. The molecule has 0 saturated carbocycles. The van der Waals surface area contributed by atoms with Crippen LogP contribution in [0, 0.1) is 5.82 Å². The average molecular weight is 309 g/mol. The summed E-state index contributed by atoms with van der Waals surface area (Å²) in [4.78, 5) is 11.5. The lowest BCUT2D eigenvalue weighted by Crippen LogP contribution is -2.17. The molecule has 0 amide bonds. The van der Waals surface area contributed by atoms with Crippen LogP contribution in [0.1, 0.15) is 17.0 Å². The summed E-state index contributed by atoms with van der Waals surface area (Å²) in [6, 6.07) is 11.2. The number of ether oxygens (including phenoxy) is 1. The molecule has 1 unspecified atom stereocenters. The van der Waals surface area contributed by atoms with Crippen LogP contribution in [0.5, 0.6) is 5.75 Å². The van der Waals surface area contributed by atoms with Crippen molar-refractivity contribution in [1.29, 1.82) is 0 Å². The Labute approximate surface area is 126 Å². The lowest BCUT2D eigenvalue weighted by Gasteiger charge is -2.17. The molecule has 2 aromatic carbocycles. The Bertz CT molecular complexity index is 637. The number of carboxylic acids is 1. The maximum atomic E-state index is 14.0. The maximum Gasteiger partial charge on any atom is 0.311 e. The third-order valence-corrected chi connectivity index (χ3v) is 3.59. The summed E-state index contributed by atoms with van der Waals surface area (Å²) in [7, 11) is 1.50. The van der Waals surface area contributed by atoms with Crippen molar-refractivity contribution >= 4 is 17.6 Å². The fourth-order valence-corrected chi connectivity index (χ4v) is 2.54. The zero-order valence-electron chi connectivity index (χ0n) is 11.3. The van der Waals surface area contributed by atoms with E-state index in [4.69, 9.17) is 16.3 Å². The fourth-order valence-electron chi connectivity index (χ4n) is 2.25. The number of halogens is 2. The van der Waals surface area contributed by atoms with Crippen LogP contribution in [-0.2, 0) is 11.2 Å². The molecule has 0 fully saturated rings. The van der Waals surface area contributed by atoms with Crippen molar-refractivity contribution in [3.05, 3.63) is 64.4 Å². The Hall–Kier alpha value is -2.07. The Kier molecular flexibility index (Phi) is 4.81. The molecule has 110 valence electrons. The van der Waals surface area contributed by atoms with Crippen LogP contribution < -0.4 is 4.74 Å². The minimum absolute atomic E-state index is 0.00225. The van der Waals surface area contributed by atoms with Gasteiger partial charge in [-0.15, -0.1) is 0 Å². The molecule has 1 atom stereocenters. The highest BCUT2D eigenvalue weighted by molar-refractivity contribution is 6.31. The van der Waals surface area contributed by atoms with Gasteiger partial charge in [0.2, 0.25) is 0 Å². The van der Waals surface area contributed by atoms with Gasteiger partial charge in [0.1, 0.15) is 11.6 Å². The van der Waals surface area contributed by atoms with E-state index in [-0.39, 0.29) is 17.0 Å². The summed E-state index contributed by atoms with van der Waals surface area (Å²) in [5.74, 6) is -2.26. The van der Waals surface area contributed by atoms with Crippen molar-refractivity contribution in [1.82, 2.24) is 0 Å². The van der Waals surface area contributed by atoms with Crippen molar-refractivity contribution in [2.75, 3.05) is 7.11 Å². The van der Waals surface area contributed by atoms with Crippen LogP contribution in [0.2, 0.25) is 5.02 Å². The van der Waals surface area contributed by atoms with Gasteiger partial charge >= 0.3 is 5.97 Å². The Morgan fingerprint density at radius 1 is 1.29 bits per heavy atom. The largest absolute Gasteiger partial charge is 0.496 e. The van der Waals surface area contributed by atoms with E-state index >= 15 is 0 Å². The monoisotopic (exact) mass is 308 g/mol. The number of hydrogen-bond donors (Lipinski definition) is 1. The van der Waals surface area contributed by atoms with E-state index in [1.807, 2.05) is 0 Å². The lowest BCUT2D eigenvalue weighted by atomic mass is 9.91. The average Bonchev–Trinajstić information content (AvgIpc) is 2.46. The van der Waals surface area contributed by atoms with Crippen LogP contribution >= 0.6 is 11.6 Å². The first-order valence-electron chi connectivity index (χ1n) is 6.33. The Balaban J connectivity index is 2.43. The molecule has 0 radical (unpaired) electrons. The number of carboxylic acid groups (broad SMARTS) is 1. The molecule has 2 rings (SSSR count). The second-order valence-corrected chi connectivity index (χ2v) is 4.95. The molecule has 0 bridgehead atoms. The summed E-state index contributed by atoms with van der Waals surface area (Å²) in [5.41, 5.74) is 0.685. The molecule has 0 spiro atoms. The first-order chi connectivity index (χ1) is 10.0. The predicted octanol–water partition coefficient (Wildman–Crippen LogP) is 3.90. The van der Waals surface area contributed by atoms with Gasteiger partial charge in [-0.1, -0.05) is 35.9 Å². The SMILES string of the molecule is COc1ccccc1CC(C(=O)O)c1c(F)cccc1Cl. The number of aliphatic carboxylic acids is 1. The van der Waals surface area contributed by atoms with Gasteiger partial charge in [0.05, 0.1) is 13.0 Å². The number of rotatable bonds is 5. The molecule has 3 nitrogen and oxygen atoms in total. The van der Waals surface area contributed by atoms with Gasteiger partial charge in [-0.3, -0.25) is 4.79 Å². The summed E-state index contributed by atoms with van der Waals surface area (Å²) in [6.07, 6.45) is 0.0972. The minimum Gasteiger partial charge on any atom is -0.496 e. The highest BCUT2D eigenvalue weighted by Crippen LogP contribution is 2.32. The van der Waals surface area contributed by atoms with Gasteiger partial charge in [-0.2, -0.15) is 0 Å². The topological polar surface area (TPSA) is 46.5 Å². The molecule has 0 aliphatic rings. The number of para-hydroxylation sites is 1. The maximum absolute atomic E-state index is 14.0. The zero-order chi connectivity index (χ0) is 15.4. The van der Waals surface area contributed by atoms with Gasteiger partial charge in [-0.25, -0.2) is 4.39 Å². The van der Waals surface area contributed by atoms with E-state index < -0.39 is 17.7 Å². The molecule has 0 aromatic heterocycles. The van der Waals surface area contributed by atoms with Crippen molar-refractivity contribution in [2.45, 2.75) is 12.3 Å². The van der Waals surface area contributed by atoms with Crippen LogP contribution in [-0.4, -0.2) is 18.2 Å². The quantitative estimate of drug-likeness (QED) is 0.911. The molecule has 0 aliphatic carbocycles. The molecule has 0 saturated heterocycles. The fraction of sp³-hybridized carbons (Fsp3) is 0.188. The smallest absolute Gasteiger partial charge is 0.311 e. The highest BCUT2D eigenvalue weighted by Gasteiger charge is 2.27. The Morgan fingerprint density at radius 3 is 2.62 bits per heavy atom. The van der Waals surface area contributed by atoms with Gasteiger partial charge in [0.15, 0.2) is 0 Å². The van der Waals surface area contributed by atoms with Crippen molar-refractivity contribution in [3.63, 3.8) is 0 Å². The van der Waals surface area contributed by atoms with Gasteiger partial charge in [-0.05, 0) is 30.2 Å². The molecular weight excluding hydrogens is 295 g/mol. The normalized spacial score (nSPS) is 12.0. The van der Waals surface area contributed by atoms with Crippen molar-refractivity contribution in [2.24, 2.45) is 0 Å². The third kappa shape index (κ3) is 3.34. The molecule has 5 heteroatoms. The van der Waals surface area contributed by atoms with Crippen molar-refractivity contribution < 1.29 is 19.0 Å². The van der Waals surface area contributed by atoms with E-state index in [2.05, 4.69) is 0 Å². The van der Waals surface area contributed by atoms with Gasteiger partial charge in [0, 0.05) is 10.6 Å². The van der Waals surface area contributed by atoms with Gasteiger partial charge < -0.3 is 9.84 Å². The van der Waals surface area contributed by atoms with E-state index in [0.29, 0.717) is 11.3 Å². The van der Waals surface area contributed by atoms with Crippen LogP contribution in [0.4, 0.5) is 4.39 Å². The molecule has 21 heavy (non-hydrogen) atoms. The van der Waals surface area contributed by atoms with E-state index in [1.54, 1.807) is 24.3 Å². The third-order valence-electron chi connectivity index (χ3n) is 3.26. The van der Waals surface area contributed by atoms with E-state index in [1.165, 1.54) is 25.3 Å². The van der Waals surface area contributed by atoms with E-state index in [9.17, 15) is 14.3 Å². The number of carbonyl (C=O) groups is 1. The number of benzene rings is 2. The summed E-state index contributed by atoms with van der Waals surface area (Å²) < 4.78 is 19.2. The first kappa shape index (κ1) is 15.3. The minimum atomic E-state index is -1.13. The lowest BCUT2D eigenvalue weighted by molar-refractivity contribution is -0.138. The molecule has 0 aliphatic heterocycles. The summed E-state index contributed by atoms with van der Waals surface area (Å²) in [5, 5.41) is 9.54. The predicted molar refractivity (Wildman–Crippen MR) is 78.5 cm³/mol. The first-order valence-corrected chi connectivity index (χ1v) is 6.71. The van der Waals surface area contributed by atoms with E-state index in [0.717, 1.165) is 0 Å². The van der Waals surface area contributed by atoms with Crippen molar-refractivity contribution in [3.8, 4) is 5.75 Å². The summed E-state index contributed by atoms with van der Waals surface area (Å²) in [6.45, 7) is 0. The molecule has 0 heterocycles. The highest BCUT2D eigenvalue weighted by atomic mass is 35.5. The van der Waals surface area contributed by atoms with Gasteiger partial charge in [0.25, 0.3) is 0 Å². The molecule has 1 N–H and O–H groups in total. The van der Waals surface area contributed by atoms with Crippen LogP contribution in [0.15, 0.2) is 42.5 Å². The second-order valence-electron chi connectivity index (χ2n) is 4.54. The second kappa shape index (κ2) is 6.59. The summed E-state index contributed by atoms with van der Waals surface area (Å²) >= 11 is 5.97. The standard InChI is InChI=1S/C16H14ClFO3/c1-21-14-8-3-2-5-10(14)9-11(16(19)20)15-12(17)6-4-7-13(15)18/h2-8,11H,9H2,1H3,(H,19,20). The number of methoxy groups -OCH3 is 1. The zero-order valence-corrected chi connectivity index (χ0v) is 12.1. The Morgan fingerprint density at radius 2 is 2.00 bits per heavy atom. The van der Waals surface area contributed by atoms with Crippen LogP contribution in [0.3, 0.4) is 0 Å². The number of hydrogen-bond acceptors (Lipinski definition) is 2. The molecule has 2 aromatic rings. The van der Waals surface area contributed by atoms with Crippen LogP contribution in [0.25, 0.3) is 0 Å².